The molecule has 0 bridgehead atoms. The molecule has 0 radical (unpaired) electrons. The maximum Gasteiger partial charge on any atom is 0.248 e. The Kier molecular flexibility index (Phi) is 3.45. The zero-order valence-corrected chi connectivity index (χ0v) is 11.0. The molecule has 0 atom stereocenters. The highest BCUT2D eigenvalue weighted by Crippen LogP contribution is 2.42. The molecule has 5 heteroatoms. The summed E-state index contributed by atoms with van der Waals surface area (Å²) in [6, 6.07) is 1.87. The highest BCUT2D eigenvalue weighted by atomic mass is 19.3. The number of rotatable bonds is 3. The standard InChI is InChI=1S/C13H21F2N3/c1-10(2)9-18-11(3-8-17-18)12(16)4-6-13(14,15)7-5-12/h3,8,10H,4-7,9,16H2,1-2H3. The van der Waals surface area contributed by atoms with Crippen LogP contribution in [0.4, 0.5) is 8.78 Å². The van der Waals surface area contributed by atoms with Gasteiger partial charge in [-0.3, -0.25) is 4.68 Å². The van der Waals surface area contributed by atoms with Crippen LogP contribution < -0.4 is 5.73 Å². The molecule has 1 aliphatic carbocycles. The van der Waals surface area contributed by atoms with Crippen LogP contribution in [0.2, 0.25) is 0 Å². The third-order valence-corrected chi connectivity index (χ3v) is 3.64. The topological polar surface area (TPSA) is 43.8 Å². The molecule has 0 spiro atoms. The third-order valence-electron chi connectivity index (χ3n) is 3.64. The second kappa shape index (κ2) is 4.61. The van der Waals surface area contributed by atoms with Crippen LogP contribution in [-0.2, 0) is 12.1 Å². The zero-order valence-electron chi connectivity index (χ0n) is 11.0. The van der Waals surface area contributed by atoms with Crippen LogP contribution in [0.15, 0.2) is 12.3 Å². The lowest BCUT2D eigenvalue weighted by Crippen LogP contribution is -2.45. The van der Waals surface area contributed by atoms with Crippen LogP contribution in [0.1, 0.15) is 45.2 Å². The molecule has 1 heterocycles. The molecule has 1 saturated carbocycles. The Labute approximate surface area is 106 Å². The first-order valence-electron chi connectivity index (χ1n) is 6.51. The summed E-state index contributed by atoms with van der Waals surface area (Å²) in [6.07, 6.45) is 2.10. The van der Waals surface area contributed by atoms with Gasteiger partial charge in [0, 0.05) is 25.6 Å². The molecule has 1 aromatic rings. The summed E-state index contributed by atoms with van der Waals surface area (Å²) in [4.78, 5) is 0. The van der Waals surface area contributed by atoms with E-state index in [4.69, 9.17) is 5.73 Å². The summed E-state index contributed by atoms with van der Waals surface area (Å²) >= 11 is 0. The number of hydrogen-bond acceptors (Lipinski definition) is 2. The first-order valence-corrected chi connectivity index (χ1v) is 6.51. The van der Waals surface area contributed by atoms with E-state index in [0.717, 1.165) is 12.2 Å². The van der Waals surface area contributed by atoms with Crippen molar-refractivity contribution in [2.24, 2.45) is 11.7 Å². The molecule has 1 fully saturated rings. The van der Waals surface area contributed by atoms with Gasteiger partial charge in [-0.2, -0.15) is 5.10 Å². The van der Waals surface area contributed by atoms with E-state index in [9.17, 15) is 8.78 Å². The zero-order chi connectivity index (χ0) is 13.4. The maximum absolute atomic E-state index is 13.2. The molecular weight excluding hydrogens is 236 g/mol. The minimum absolute atomic E-state index is 0.129. The Bertz CT molecular complexity index is 402. The summed E-state index contributed by atoms with van der Waals surface area (Å²) in [5, 5.41) is 4.26. The van der Waals surface area contributed by atoms with E-state index < -0.39 is 11.5 Å². The van der Waals surface area contributed by atoms with E-state index in [1.165, 1.54) is 0 Å². The van der Waals surface area contributed by atoms with Crippen molar-refractivity contribution >= 4 is 0 Å². The molecule has 0 unspecified atom stereocenters. The highest BCUT2D eigenvalue weighted by molar-refractivity contribution is 5.16. The summed E-state index contributed by atoms with van der Waals surface area (Å²) in [6.45, 7) is 4.98. The predicted molar refractivity (Wildman–Crippen MR) is 66.3 cm³/mol. The smallest absolute Gasteiger partial charge is 0.248 e. The Balaban J connectivity index is 2.18. The first-order chi connectivity index (χ1) is 8.32. The average molecular weight is 257 g/mol. The quantitative estimate of drug-likeness (QED) is 0.904. The molecule has 102 valence electrons. The molecule has 0 amide bonds. The van der Waals surface area contributed by atoms with Gasteiger partial charge in [-0.25, -0.2) is 8.78 Å². The van der Waals surface area contributed by atoms with Gasteiger partial charge in [0.05, 0.1) is 11.2 Å². The van der Waals surface area contributed by atoms with Crippen LogP contribution in [0, 0.1) is 5.92 Å². The van der Waals surface area contributed by atoms with Crippen molar-refractivity contribution in [2.75, 3.05) is 0 Å². The summed E-state index contributed by atoms with van der Waals surface area (Å²) in [5.74, 6) is -2.09. The number of alkyl halides is 2. The SMILES string of the molecule is CC(C)Cn1nccc1C1(N)CCC(F)(F)CC1. The maximum atomic E-state index is 13.2. The molecule has 0 aliphatic heterocycles. The van der Waals surface area contributed by atoms with Crippen molar-refractivity contribution in [3.05, 3.63) is 18.0 Å². The molecule has 1 aliphatic rings. The van der Waals surface area contributed by atoms with Gasteiger partial charge in [-0.05, 0) is 24.8 Å². The first kappa shape index (κ1) is 13.5. The lowest BCUT2D eigenvalue weighted by Gasteiger charge is -2.37. The Morgan fingerprint density at radius 3 is 2.50 bits per heavy atom. The van der Waals surface area contributed by atoms with Gasteiger partial charge in [-0.15, -0.1) is 0 Å². The fraction of sp³-hybridized carbons (Fsp3) is 0.769. The minimum Gasteiger partial charge on any atom is -0.320 e. The molecule has 2 N–H and O–H groups in total. The summed E-state index contributed by atoms with van der Waals surface area (Å²) < 4.78 is 28.3. The van der Waals surface area contributed by atoms with Gasteiger partial charge >= 0.3 is 0 Å². The molecular formula is C13H21F2N3. The van der Waals surface area contributed by atoms with Crippen LogP contribution >= 0.6 is 0 Å². The van der Waals surface area contributed by atoms with E-state index in [1.54, 1.807) is 6.20 Å². The Hall–Kier alpha value is -0.970. The number of halogens is 2. The predicted octanol–water partition coefficient (Wildman–Crippen LogP) is 2.90. The molecule has 1 aromatic heterocycles. The van der Waals surface area contributed by atoms with E-state index in [1.807, 2.05) is 10.7 Å². The monoisotopic (exact) mass is 257 g/mol. The van der Waals surface area contributed by atoms with E-state index in [0.29, 0.717) is 18.8 Å². The number of aromatic nitrogens is 2. The van der Waals surface area contributed by atoms with Gasteiger partial charge in [0.25, 0.3) is 0 Å². The lowest BCUT2D eigenvalue weighted by molar-refractivity contribution is -0.0525. The van der Waals surface area contributed by atoms with E-state index in [2.05, 4.69) is 18.9 Å². The minimum atomic E-state index is -2.55. The molecule has 2 rings (SSSR count). The van der Waals surface area contributed by atoms with Gasteiger partial charge in [-0.1, -0.05) is 13.8 Å². The van der Waals surface area contributed by atoms with Crippen molar-refractivity contribution in [3.63, 3.8) is 0 Å². The second-order valence-electron chi connectivity index (χ2n) is 5.80. The van der Waals surface area contributed by atoms with Gasteiger partial charge in [0.2, 0.25) is 5.92 Å². The fourth-order valence-corrected chi connectivity index (χ4v) is 2.57. The summed E-state index contributed by atoms with van der Waals surface area (Å²) in [5.41, 5.74) is 6.58. The van der Waals surface area contributed by atoms with Crippen molar-refractivity contribution in [1.29, 1.82) is 0 Å². The van der Waals surface area contributed by atoms with Gasteiger partial charge < -0.3 is 5.73 Å². The average Bonchev–Trinajstić information content (AvgIpc) is 2.71. The van der Waals surface area contributed by atoms with E-state index in [-0.39, 0.29) is 12.8 Å². The van der Waals surface area contributed by atoms with E-state index >= 15 is 0 Å². The lowest BCUT2D eigenvalue weighted by atomic mass is 9.78. The molecule has 0 aromatic carbocycles. The van der Waals surface area contributed by atoms with Crippen molar-refractivity contribution in [3.8, 4) is 0 Å². The Morgan fingerprint density at radius 1 is 1.33 bits per heavy atom. The number of nitrogens with two attached hydrogens (primary N) is 1. The molecule has 3 nitrogen and oxygen atoms in total. The van der Waals surface area contributed by atoms with Crippen LogP contribution in [0.3, 0.4) is 0 Å². The molecule has 0 saturated heterocycles. The summed E-state index contributed by atoms with van der Waals surface area (Å²) in [7, 11) is 0. The third kappa shape index (κ3) is 2.71. The van der Waals surface area contributed by atoms with Crippen molar-refractivity contribution < 1.29 is 8.78 Å². The van der Waals surface area contributed by atoms with Crippen molar-refractivity contribution in [2.45, 2.75) is 57.5 Å². The van der Waals surface area contributed by atoms with Crippen LogP contribution in [0.25, 0.3) is 0 Å². The number of hydrogen-bond donors (Lipinski definition) is 1. The largest absolute Gasteiger partial charge is 0.320 e. The fourth-order valence-electron chi connectivity index (χ4n) is 2.57. The molecule has 18 heavy (non-hydrogen) atoms. The Morgan fingerprint density at radius 2 is 1.94 bits per heavy atom. The van der Waals surface area contributed by atoms with Crippen molar-refractivity contribution in [1.82, 2.24) is 9.78 Å². The highest BCUT2D eigenvalue weighted by Gasteiger charge is 2.43. The second-order valence-corrected chi connectivity index (χ2v) is 5.80. The normalized spacial score (nSPS) is 22.3. The van der Waals surface area contributed by atoms with Gasteiger partial charge in [0.15, 0.2) is 0 Å². The van der Waals surface area contributed by atoms with Gasteiger partial charge in [0.1, 0.15) is 0 Å². The van der Waals surface area contributed by atoms with Crippen LogP contribution in [0.5, 0.6) is 0 Å². The number of nitrogens with zero attached hydrogens (tertiary/aromatic N) is 2. The van der Waals surface area contributed by atoms with Crippen LogP contribution in [-0.4, -0.2) is 15.7 Å².